The Labute approximate surface area is 97.6 Å². The molecule has 0 aromatic heterocycles. The van der Waals surface area contributed by atoms with E-state index in [0.29, 0.717) is 10.6 Å². The van der Waals surface area contributed by atoms with Gasteiger partial charge in [0.2, 0.25) is 0 Å². The van der Waals surface area contributed by atoms with E-state index in [1.807, 2.05) is 0 Å². The molecule has 0 unspecified atom stereocenters. The van der Waals surface area contributed by atoms with Gasteiger partial charge in [0.25, 0.3) is 0 Å². The largest absolute Gasteiger partial charge is 0.416 e. The number of benzene rings is 1. The molecule has 0 aliphatic rings. The summed E-state index contributed by atoms with van der Waals surface area (Å²) in [4.78, 5) is 0. The Morgan fingerprint density at radius 2 is 1.75 bits per heavy atom. The Morgan fingerprint density at radius 3 is 2.19 bits per heavy atom. The highest BCUT2D eigenvalue weighted by Crippen LogP contribution is 2.35. The van der Waals surface area contributed by atoms with Crippen LogP contribution in [0.4, 0.5) is 13.2 Å². The van der Waals surface area contributed by atoms with E-state index >= 15 is 0 Å². The Hall–Kier alpha value is -0.740. The second-order valence-corrected chi connectivity index (χ2v) is 4.47. The van der Waals surface area contributed by atoms with Crippen molar-refractivity contribution in [3.63, 3.8) is 0 Å². The lowest BCUT2D eigenvalue weighted by atomic mass is 9.93. The molecule has 90 valence electrons. The summed E-state index contributed by atoms with van der Waals surface area (Å²) < 4.78 is 37.6. The van der Waals surface area contributed by atoms with Crippen molar-refractivity contribution in [1.82, 2.24) is 5.32 Å². The molecule has 16 heavy (non-hydrogen) atoms. The van der Waals surface area contributed by atoms with Crippen LogP contribution in [0.3, 0.4) is 0 Å². The third kappa shape index (κ3) is 2.68. The average molecular weight is 252 g/mol. The second kappa shape index (κ2) is 4.26. The highest BCUT2D eigenvalue weighted by atomic mass is 35.5. The van der Waals surface area contributed by atoms with Gasteiger partial charge in [0.15, 0.2) is 0 Å². The van der Waals surface area contributed by atoms with Crippen LogP contribution in [0, 0.1) is 0 Å². The predicted octanol–water partition coefficient (Wildman–Crippen LogP) is 3.81. The molecular formula is C11H13ClF3N. The highest BCUT2D eigenvalue weighted by Gasteiger charge is 2.32. The molecule has 0 atom stereocenters. The Morgan fingerprint density at radius 1 is 1.19 bits per heavy atom. The molecule has 5 heteroatoms. The third-order valence-electron chi connectivity index (χ3n) is 2.59. The van der Waals surface area contributed by atoms with Crippen molar-refractivity contribution >= 4 is 11.6 Å². The summed E-state index contributed by atoms with van der Waals surface area (Å²) >= 11 is 5.90. The fourth-order valence-electron chi connectivity index (χ4n) is 1.32. The molecule has 0 amide bonds. The molecule has 1 rings (SSSR count). The van der Waals surface area contributed by atoms with Crippen LogP contribution in [0.5, 0.6) is 0 Å². The zero-order chi connectivity index (χ0) is 12.6. The van der Waals surface area contributed by atoms with Crippen molar-refractivity contribution < 1.29 is 13.2 Å². The molecule has 0 aliphatic heterocycles. The summed E-state index contributed by atoms with van der Waals surface area (Å²) in [5.74, 6) is 0. The first kappa shape index (κ1) is 13.3. The summed E-state index contributed by atoms with van der Waals surface area (Å²) in [5, 5.41) is 3.25. The molecule has 0 spiro atoms. The number of hydrogen-bond acceptors (Lipinski definition) is 1. The van der Waals surface area contributed by atoms with Crippen molar-refractivity contribution in [3.8, 4) is 0 Å². The summed E-state index contributed by atoms with van der Waals surface area (Å²) in [6.07, 6.45) is -4.34. The lowest BCUT2D eigenvalue weighted by Crippen LogP contribution is -2.33. The molecule has 1 aromatic rings. The van der Waals surface area contributed by atoms with Gasteiger partial charge in [0.1, 0.15) is 0 Å². The van der Waals surface area contributed by atoms with Gasteiger partial charge in [-0.15, -0.1) is 0 Å². The maximum Gasteiger partial charge on any atom is 0.416 e. The molecule has 0 aliphatic carbocycles. The van der Waals surface area contributed by atoms with E-state index in [2.05, 4.69) is 5.32 Å². The van der Waals surface area contributed by atoms with Gasteiger partial charge in [0.05, 0.1) is 5.56 Å². The Balaban J connectivity index is 3.30. The van der Waals surface area contributed by atoms with Gasteiger partial charge in [-0.05, 0) is 44.7 Å². The summed E-state index contributed by atoms with van der Waals surface area (Å²) in [5.41, 5.74) is -0.847. The predicted molar refractivity (Wildman–Crippen MR) is 58.5 cm³/mol. The molecular weight excluding hydrogens is 239 g/mol. The van der Waals surface area contributed by atoms with E-state index in [4.69, 9.17) is 11.6 Å². The molecule has 0 saturated heterocycles. The van der Waals surface area contributed by atoms with Crippen molar-refractivity contribution in [2.75, 3.05) is 7.05 Å². The van der Waals surface area contributed by atoms with Gasteiger partial charge in [-0.1, -0.05) is 11.6 Å². The van der Waals surface area contributed by atoms with E-state index in [0.717, 1.165) is 12.1 Å². The van der Waals surface area contributed by atoms with Crippen LogP contribution in [-0.2, 0) is 11.7 Å². The topological polar surface area (TPSA) is 12.0 Å². The molecule has 1 nitrogen and oxygen atoms in total. The van der Waals surface area contributed by atoms with Crippen molar-refractivity contribution in [1.29, 1.82) is 0 Å². The van der Waals surface area contributed by atoms with Crippen LogP contribution in [0.1, 0.15) is 25.0 Å². The molecule has 1 aromatic carbocycles. The minimum Gasteiger partial charge on any atom is -0.311 e. The molecule has 0 heterocycles. The molecule has 0 bridgehead atoms. The van der Waals surface area contributed by atoms with Crippen LogP contribution in [-0.4, -0.2) is 7.05 Å². The normalized spacial score (nSPS) is 12.9. The first-order chi connectivity index (χ1) is 7.18. The van der Waals surface area contributed by atoms with Gasteiger partial charge < -0.3 is 5.32 Å². The van der Waals surface area contributed by atoms with Crippen LogP contribution in [0.15, 0.2) is 18.2 Å². The first-order valence-electron chi connectivity index (χ1n) is 4.74. The van der Waals surface area contributed by atoms with Crippen LogP contribution in [0.25, 0.3) is 0 Å². The van der Waals surface area contributed by atoms with Gasteiger partial charge in [-0.3, -0.25) is 0 Å². The summed E-state index contributed by atoms with van der Waals surface area (Å²) in [6.45, 7) is 3.54. The standard InChI is InChI=1S/C11H13ClF3N/c1-10(2,16-3)8-6-7(11(13,14)15)4-5-9(8)12/h4-6,16H,1-3H3. The van der Waals surface area contributed by atoms with Gasteiger partial charge >= 0.3 is 6.18 Å². The van der Waals surface area contributed by atoms with E-state index < -0.39 is 17.3 Å². The number of nitrogens with one attached hydrogen (secondary N) is 1. The van der Waals surface area contributed by atoms with Gasteiger partial charge in [-0.25, -0.2) is 0 Å². The van der Waals surface area contributed by atoms with E-state index in [9.17, 15) is 13.2 Å². The Kier molecular flexibility index (Phi) is 3.55. The van der Waals surface area contributed by atoms with E-state index in [1.54, 1.807) is 20.9 Å². The minimum atomic E-state index is -4.34. The number of halogens is 4. The highest BCUT2D eigenvalue weighted by molar-refractivity contribution is 6.31. The smallest absolute Gasteiger partial charge is 0.311 e. The van der Waals surface area contributed by atoms with Gasteiger partial charge in [-0.2, -0.15) is 13.2 Å². The summed E-state index contributed by atoms with van der Waals surface area (Å²) in [7, 11) is 1.68. The number of rotatable bonds is 2. The lowest BCUT2D eigenvalue weighted by molar-refractivity contribution is -0.137. The van der Waals surface area contributed by atoms with Crippen LogP contribution < -0.4 is 5.32 Å². The van der Waals surface area contributed by atoms with Crippen LogP contribution in [0.2, 0.25) is 5.02 Å². The minimum absolute atomic E-state index is 0.326. The zero-order valence-corrected chi connectivity index (χ0v) is 10.00. The first-order valence-corrected chi connectivity index (χ1v) is 5.12. The number of alkyl halides is 3. The zero-order valence-electron chi connectivity index (χ0n) is 9.24. The van der Waals surface area contributed by atoms with Crippen molar-refractivity contribution in [3.05, 3.63) is 34.3 Å². The molecule has 0 fully saturated rings. The fourth-order valence-corrected chi connectivity index (χ4v) is 1.67. The second-order valence-electron chi connectivity index (χ2n) is 4.07. The van der Waals surface area contributed by atoms with E-state index in [1.165, 1.54) is 6.07 Å². The maximum atomic E-state index is 12.5. The fraction of sp³-hybridized carbons (Fsp3) is 0.455. The third-order valence-corrected chi connectivity index (χ3v) is 2.92. The maximum absolute atomic E-state index is 12.5. The Bertz CT molecular complexity index is 385. The molecule has 0 radical (unpaired) electrons. The van der Waals surface area contributed by atoms with E-state index in [-0.39, 0.29) is 0 Å². The SMILES string of the molecule is CNC(C)(C)c1cc(C(F)(F)F)ccc1Cl. The van der Waals surface area contributed by atoms with Crippen molar-refractivity contribution in [2.45, 2.75) is 25.6 Å². The average Bonchev–Trinajstić information content (AvgIpc) is 2.16. The lowest BCUT2D eigenvalue weighted by Gasteiger charge is -2.26. The molecule has 0 saturated carbocycles. The molecule has 1 N–H and O–H groups in total. The quantitative estimate of drug-likeness (QED) is 0.843. The van der Waals surface area contributed by atoms with Gasteiger partial charge in [0, 0.05) is 10.6 Å². The monoisotopic (exact) mass is 251 g/mol. The number of hydrogen-bond donors (Lipinski definition) is 1. The van der Waals surface area contributed by atoms with Crippen molar-refractivity contribution in [2.24, 2.45) is 0 Å². The van der Waals surface area contributed by atoms with Crippen LogP contribution >= 0.6 is 11.6 Å². The summed E-state index contributed by atoms with van der Waals surface area (Å²) in [6, 6.07) is 3.34.